The van der Waals surface area contributed by atoms with Crippen LogP contribution in [0.25, 0.3) is 0 Å². The molecular weight excluding hydrogens is 370 g/mol. The first-order valence-electron chi connectivity index (χ1n) is 9.11. The van der Waals surface area contributed by atoms with Gasteiger partial charge in [-0.25, -0.2) is 13.2 Å². The fourth-order valence-electron chi connectivity index (χ4n) is 4.04. The van der Waals surface area contributed by atoms with E-state index in [0.717, 1.165) is 6.42 Å². The quantitative estimate of drug-likeness (QED) is 0.658. The SMILES string of the molecule is O=C1NC(=O)C2(CCCC2NC(=O)c2ccc(S(=O)(=O)C3CCC3)cc2)N1. The van der Waals surface area contributed by atoms with Gasteiger partial charge in [0.1, 0.15) is 5.54 Å². The van der Waals surface area contributed by atoms with Crippen LogP contribution < -0.4 is 16.0 Å². The molecule has 144 valence electrons. The number of rotatable bonds is 4. The molecule has 0 bridgehead atoms. The van der Waals surface area contributed by atoms with E-state index in [1.54, 1.807) is 0 Å². The molecule has 2 saturated carbocycles. The molecule has 8 nitrogen and oxygen atoms in total. The highest BCUT2D eigenvalue weighted by atomic mass is 32.2. The summed E-state index contributed by atoms with van der Waals surface area (Å²) in [7, 11) is -3.33. The van der Waals surface area contributed by atoms with E-state index < -0.39 is 39.3 Å². The van der Waals surface area contributed by atoms with E-state index in [4.69, 9.17) is 0 Å². The maximum Gasteiger partial charge on any atom is 0.322 e. The smallest absolute Gasteiger partial charge is 0.322 e. The van der Waals surface area contributed by atoms with Crippen molar-refractivity contribution in [3.05, 3.63) is 29.8 Å². The summed E-state index contributed by atoms with van der Waals surface area (Å²) in [5, 5.41) is 7.38. The number of carbonyl (C=O) groups excluding carboxylic acids is 3. The normalized spacial score (nSPS) is 27.9. The average Bonchev–Trinajstić information content (AvgIpc) is 3.09. The molecule has 2 atom stereocenters. The molecular formula is C18H21N3O5S. The molecule has 1 spiro atoms. The van der Waals surface area contributed by atoms with Gasteiger partial charge in [0, 0.05) is 5.56 Å². The number of amides is 4. The molecule has 3 fully saturated rings. The molecule has 4 rings (SSSR count). The van der Waals surface area contributed by atoms with Crippen molar-refractivity contribution in [1.29, 1.82) is 0 Å². The van der Waals surface area contributed by atoms with Crippen LogP contribution in [0.2, 0.25) is 0 Å². The monoisotopic (exact) mass is 391 g/mol. The zero-order valence-electron chi connectivity index (χ0n) is 14.7. The number of nitrogens with one attached hydrogen (secondary N) is 3. The molecule has 3 aliphatic rings. The maximum absolute atomic E-state index is 12.6. The molecule has 2 aliphatic carbocycles. The summed E-state index contributed by atoms with van der Waals surface area (Å²) in [6, 6.07) is 4.82. The molecule has 1 aromatic carbocycles. The first-order chi connectivity index (χ1) is 12.8. The lowest BCUT2D eigenvalue weighted by molar-refractivity contribution is -0.124. The number of hydrogen-bond acceptors (Lipinski definition) is 5. The Hall–Kier alpha value is -2.42. The number of hydrogen-bond donors (Lipinski definition) is 3. The van der Waals surface area contributed by atoms with Crippen molar-refractivity contribution in [3.63, 3.8) is 0 Å². The van der Waals surface area contributed by atoms with Crippen LogP contribution in [0, 0.1) is 0 Å². The largest absolute Gasteiger partial charge is 0.346 e. The van der Waals surface area contributed by atoms with Gasteiger partial charge in [-0.15, -0.1) is 0 Å². The van der Waals surface area contributed by atoms with Gasteiger partial charge in [-0.05, 0) is 56.4 Å². The van der Waals surface area contributed by atoms with Crippen molar-refractivity contribution in [2.45, 2.75) is 60.3 Å². The fourth-order valence-corrected chi connectivity index (χ4v) is 5.89. The second kappa shape index (κ2) is 6.33. The molecule has 27 heavy (non-hydrogen) atoms. The average molecular weight is 391 g/mol. The third-order valence-electron chi connectivity index (χ3n) is 5.87. The van der Waals surface area contributed by atoms with E-state index in [0.29, 0.717) is 37.7 Å². The molecule has 4 amide bonds. The van der Waals surface area contributed by atoms with Crippen molar-refractivity contribution in [2.24, 2.45) is 0 Å². The van der Waals surface area contributed by atoms with Crippen molar-refractivity contribution >= 4 is 27.7 Å². The third-order valence-corrected chi connectivity index (χ3v) is 8.15. The van der Waals surface area contributed by atoms with E-state index in [-0.39, 0.29) is 10.1 Å². The van der Waals surface area contributed by atoms with Crippen LogP contribution in [0.3, 0.4) is 0 Å². The van der Waals surface area contributed by atoms with Gasteiger partial charge in [-0.2, -0.15) is 0 Å². The molecule has 1 saturated heterocycles. The molecule has 1 aliphatic heterocycles. The lowest BCUT2D eigenvalue weighted by Crippen LogP contribution is -2.59. The van der Waals surface area contributed by atoms with Crippen LogP contribution in [0.1, 0.15) is 48.9 Å². The third kappa shape index (κ3) is 2.90. The van der Waals surface area contributed by atoms with Gasteiger partial charge in [0.05, 0.1) is 16.2 Å². The fraction of sp³-hybridized carbons (Fsp3) is 0.500. The minimum absolute atomic E-state index is 0.225. The Morgan fingerprint density at radius 2 is 1.78 bits per heavy atom. The Kier molecular flexibility index (Phi) is 4.21. The van der Waals surface area contributed by atoms with Crippen LogP contribution in [-0.2, 0) is 14.6 Å². The van der Waals surface area contributed by atoms with Crippen molar-refractivity contribution in [2.75, 3.05) is 0 Å². The molecule has 3 N–H and O–H groups in total. The van der Waals surface area contributed by atoms with Gasteiger partial charge in [0.25, 0.3) is 11.8 Å². The van der Waals surface area contributed by atoms with Crippen LogP contribution >= 0.6 is 0 Å². The van der Waals surface area contributed by atoms with Gasteiger partial charge in [-0.1, -0.05) is 6.42 Å². The Morgan fingerprint density at radius 1 is 1.07 bits per heavy atom. The number of benzene rings is 1. The summed E-state index contributed by atoms with van der Waals surface area (Å²) < 4.78 is 24.9. The summed E-state index contributed by atoms with van der Waals surface area (Å²) in [4.78, 5) is 36.5. The molecule has 1 aromatic rings. The second-order valence-electron chi connectivity index (χ2n) is 7.42. The summed E-state index contributed by atoms with van der Waals surface area (Å²) in [6.45, 7) is 0. The van der Waals surface area contributed by atoms with Gasteiger partial charge in [0.2, 0.25) is 0 Å². The molecule has 1 heterocycles. The Morgan fingerprint density at radius 3 is 2.33 bits per heavy atom. The van der Waals surface area contributed by atoms with Crippen LogP contribution in [-0.4, -0.2) is 43.1 Å². The first kappa shape index (κ1) is 18.0. The molecule has 9 heteroatoms. The Labute approximate surface area is 157 Å². The minimum atomic E-state index is -3.33. The number of carbonyl (C=O) groups is 3. The van der Waals surface area contributed by atoms with Crippen molar-refractivity contribution < 1.29 is 22.8 Å². The van der Waals surface area contributed by atoms with E-state index in [2.05, 4.69) is 16.0 Å². The summed E-state index contributed by atoms with van der Waals surface area (Å²) >= 11 is 0. The van der Waals surface area contributed by atoms with Crippen LogP contribution in [0.5, 0.6) is 0 Å². The van der Waals surface area contributed by atoms with E-state index in [9.17, 15) is 22.8 Å². The summed E-state index contributed by atoms with van der Waals surface area (Å²) in [5.74, 6) is -0.819. The zero-order valence-corrected chi connectivity index (χ0v) is 15.5. The maximum atomic E-state index is 12.6. The highest BCUT2D eigenvalue weighted by Gasteiger charge is 2.55. The van der Waals surface area contributed by atoms with Gasteiger partial charge in [-0.3, -0.25) is 14.9 Å². The molecule has 0 radical (unpaired) electrons. The molecule has 0 aromatic heterocycles. The first-order valence-corrected chi connectivity index (χ1v) is 10.7. The summed E-state index contributed by atoms with van der Waals surface area (Å²) in [6.07, 6.45) is 4.04. The van der Waals surface area contributed by atoms with Crippen LogP contribution in [0.4, 0.5) is 4.79 Å². The van der Waals surface area contributed by atoms with E-state index in [1.165, 1.54) is 24.3 Å². The second-order valence-corrected chi connectivity index (χ2v) is 9.65. The van der Waals surface area contributed by atoms with Gasteiger partial charge < -0.3 is 10.6 Å². The lowest BCUT2D eigenvalue weighted by atomic mass is 9.93. The minimum Gasteiger partial charge on any atom is -0.346 e. The Balaban J connectivity index is 1.49. The van der Waals surface area contributed by atoms with Gasteiger partial charge in [0.15, 0.2) is 9.84 Å². The predicted octanol–water partition coefficient (Wildman–Crippen LogP) is 0.873. The van der Waals surface area contributed by atoms with Crippen molar-refractivity contribution in [1.82, 2.24) is 16.0 Å². The van der Waals surface area contributed by atoms with E-state index >= 15 is 0 Å². The van der Waals surface area contributed by atoms with E-state index in [1.807, 2.05) is 0 Å². The zero-order chi connectivity index (χ0) is 19.2. The predicted molar refractivity (Wildman–Crippen MR) is 95.8 cm³/mol. The number of sulfone groups is 1. The van der Waals surface area contributed by atoms with Gasteiger partial charge >= 0.3 is 6.03 Å². The number of urea groups is 1. The topological polar surface area (TPSA) is 121 Å². The van der Waals surface area contributed by atoms with Crippen molar-refractivity contribution in [3.8, 4) is 0 Å². The Bertz CT molecular complexity index is 907. The molecule has 2 unspecified atom stereocenters. The standard InChI is InChI=1S/C18H21N3O5S/c22-15(19-14-5-2-10-18(14)16(23)20-17(24)21-18)11-6-8-13(9-7-11)27(25,26)12-3-1-4-12/h6-9,12,14H,1-5,10H2,(H,19,22)(H2,20,21,23,24). The van der Waals surface area contributed by atoms with Crippen LogP contribution in [0.15, 0.2) is 29.2 Å². The summed E-state index contributed by atoms with van der Waals surface area (Å²) in [5.41, 5.74) is -0.783. The highest BCUT2D eigenvalue weighted by molar-refractivity contribution is 7.92. The highest BCUT2D eigenvalue weighted by Crippen LogP contribution is 2.33. The number of imide groups is 1. The lowest BCUT2D eigenvalue weighted by Gasteiger charge is -2.28.